The smallest absolute Gasteiger partial charge is 0.407 e. The monoisotopic (exact) mass is 474 g/mol. The van der Waals surface area contributed by atoms with E-state index in [9.17, 15) is 14.0 Å². The molecule has 0 atom stereocenters. The zero-order chi connectivity index (χ0) is 25.0. The lowest BCUT2D eigenvalue weighted by Crippen LogP contribution is -2.34. The third-order valence-electron chi connectivity index (χ3n) is 4.20. The summed E-state index contributed by atoms with van der Waals surface area (Å²) in [5.41, 5.74) is 0.594. The van der Waals surface area contributed by atoms with Crippen LogP contribution in [-0.4, -0.2) is 51.1 Å². The Morgan fingerprint density at radius 1 is 1.00 bits per heavy atom. The SMILES string of the molecule is COCCOc1cccc(NC(=O)c2ccc(OCC(=CF)CNC(=O)OC(C)(C)C)cc2)c1. The number of amides is 2. The Bertz CT molecular complexity index is 970. The standard InChI is InChI=1S/C25H31FN2O6/c1-25(2,3)34-24(30)27-16-18(15-26)17-33-21-10-8-19(9-11-21)23(29)28-20-6-5-7-22(14-20)32-13-12-31-4/h5-11,14-15H,12-13,16-17H2,1-4H3,(H,27,30)(H,28,29). The van der Waals surface area contributed by atoms with E-state index >= 15 is 0 Å². The van der Waals surface area contributed by atoms with Crippen LogP contribution < -0.4 is 20.1 Å². The highest BCUT2D eigenvalue weighted by Gasteiger charge is 2.16. The van der Waals surface area contributed by atoms with Crippen molar-refractivity contribution in [1.29, 1.82) is 0 Å². The zero-order valence-corrected chi connectivity index (χ0v) is 19.9. The van der Waals surface area contributed by atoms with Gasteiger partial charge in [-0.2, -0.15) is 0 Å². The molecule has 0 radical (unpaired) electrons. The molecular weight excluding hydrogens is 443 g/mol. The van der Waals surface area contributed by atoms with Crippen molar-refractivity contribution in [3.63, 3.8) is 0 Å². The summed E-state index contributed by atoms with van der Waals surface area (Å²) in [6.07, 6.45) is -0.263. The van der Waals surface area contributed by atoms with Gasteiger partial charge in [0, 0.05) is 36.5 Å². The molecule has 0 saturated carbocycles. The summed E-state index contributed by atoms with van der Waals surface area (Å²) in [7, 11) is 1.59. The first-order chi connectivity index (χ1) is 16.2. The number of ether oxygens (including phenoxy) is 4. The predicted molar refractivity (Wildman–Crippen MR) is 127 cm³/mol. The van der Waals surface area contributed by atoms with Crippen molar-refractivity contribution >= 4 is 17.7 Å². The topological polar surface area (TPSA) is 95.1 Å². The lowest BCUT2D eigenvalue weighted by atomic mass is 10.2. The molecule has 2 rings (SSSR count). The lowest BCUT2D eigenvalue weighted by molar-refractivity contribution is 0.0531. The molecule has 34 heavy (non-hydrogen) atoms. The minimum atomic E-state index is -0.644. The van der Waals surface area contributed by atoms with E-state index in [0.717, 1.165) is 0 Å². The normalized spacial score (nSPS) is 11.5. The van der Waals surface area contributed by atoms with Crippen LogP contribution in [0.1, 0.15) is 31.1 Å². The average Bonchev–Trinajstić information content (AvgIpc) is 2.79. The van der Waals surface area contributed by atoms with Crippen molar-refractivity contribution < 1.29 is 32.9 Å². The molecule has 2 amide bonds. The summed E-state index contributed by atoms with van der Waals surface area (Å²) >= 11 is 0. The van der Waals surface area contributed by atoms with E-state index < -0.39 is 11.7 Å². The van der Waals surface area contributed by atoms with Gasteiger partial charge in [-0.25, -0.2) is 9.18 Å². The number of hydrogen-bond acceptors (Lipinski definition) is 6. The molecule has 0 aliphatic rings. The van der Waals surface area contributed by atoms with Gasteiger partial charge in [0.15, 0.2) is 0 Å². The van der Waals surface area contributed by atoms with Crippen LogP contribution in [0.15, 0.2) is 60.4 Å². The second-order valence-corrected chi connectivity index (χ2v) is 8.26. The molecule has 9 heteroatoms. The number of rotatable bonds is 11. The molecule has 0 saturated heterocycles. The van der Waals surface area contributed by atoms with Gasteiger partial charge in [-0.3, -0.25) is 4.79 Å². The molecule has 0 heterocycles. The molecule has 184 valence electrons. The van der Waals surface area contributed by atoms with Gasteiger partial charge in [0.1, 0.15) is 30.3 Å². The summed E-state index contributed by atoms with van der Waals surface area (Å²) in [6.45, 7) is 5.96. The first-order valence-electron chi connectivity index (χ1n) is 10.7. The van der Waals surface area contributed by atoms with Crippen molar-refractivity contribution in [2.24, 2.45) is 0 Å². The minimum Gasteiger partial charge on any atom is -0.491 e. The number of nitrogens with one attached hydrogen (secondary N) is 2. The fourth-order valence-electron chi connectivity index (χ4n) is 2.61. The molecule has 0 aromatic heterocycles. The molecule has 0 bridgehead atoms. The third-order valence-corrected chi connectivity index (χ3v) is 4.20. The van der Waals surface area contributed by atoms with Crippen LogP contribution >= 0.6 is 0 Å². The molecule has 0 aliphatic heterocycles. The highest BCUT2D eigenvalue weighted by Crippen LogP contribution is 2.19. The summed E-state index contributed by atoms with van der Waals surface area (Å²) < 4.78 is 34.3. The maximum absolute atomic E-state index is 13.1. The van der Waals surface area contributed by atoms with Gasteiger partial charge < -0.3 is 29.6 Å². The van der Waals surface area contributed by atoms with Gasteiger partial charge in [-0.05, 0) is 57.2 Å². The second-order valence-electron chi connectivity index (χ2n) is 8.26. The minimum absolute atomic E-state index is 0.0554. The molecule has 2 aromatic carbocycles. The quantitative estimate of drug-likeness (QED) is 0.458. The molecule has 0 unspecified atom stereocenters. The van der Waals surface area contributed by atoms with Crippen molar-refractivity contribution in [3.05, 3.63) is 66.0 Å². The number of carbonyl (C=O) groups excluding carboxylic acids is 2. The fourth-order valence-corrected chi connectivity index (χ4v) is 2.61. The van der Waals surface area contributed by atoms with Gasteiger partial charge in [0.05, 0.1) is 12.9 Å². The molecule has 0 spiro atoms. The van der Waals surface area contributed by atoms with E-state index in [1.165, 1.54) is 0 Å². The molecule has 2 aromatic rings. The Morgan fingerprint density at radius 3 is 2.38 bits per heavy atom. The van der Waals surface area contributed by atoms with Crippen molar-refractivity contribution in [2.75, 3.05) is 38.8 Å². The number of anilines is 1. The van der Waals surface area contributed by atoms with Crippen molar-refractivity contribution in [2.45, 2.75) is 26.4 Å². The lowest BCUT2D eigenvalue weighted by Gasteiger charge is -2.20. The number of benzene rings is 2. The van der Waals surface area contributed by atoms with Crippen LogP contribution in [0.25, 0.3) is 0 Å². The first kappa shape index (κ1) is 26.7. The predicted octanol–water partition coefficient (Wildman–Crippen LogP) is 4.72. The van der Waals surface area contributed by atoms with E-state index in [-0.39, 0.29) is 24.6 Å². The number of halogens is 1. The van der Waals surface area contributed by atoms with Crippen LogP contribution in [0, 0.1) is 0 Å². The van der Waals surface area contributed by atoms with Crippen molar-refractivity contribution in [1.82, 2.24) is 5.32 Å². The van der Waals surface area contributed by atoms with E-state index in [0.29, 0.717) is 42.3 Å². The largest absolute Gasteiger partial charge is 0.491 e. The number of carbonyl (C=O) groups is 2. The van der Waals surface area contributed by atoms with Crippen LogP contribution in [0.4, 0.5) is 14.9 Å². The van der Waals surface area contributed by atoms with Crippen LogP contribution in [0.5, 0.6) is 11.5 Å². The van der Waals surface area contributed by atoms with Gasteiger partial charge >= 0.3 is 6.09 Å². The number of methoxy groups -OCH3 is 1. The fraction of sp³-hybridized carbons (Fsp3) is 0.360. The van der Waals surface area contributed by atoms with Crippen molar-refractivity contribution in [3.8, 4) is 11.5 Å². The Kier molecular flexibility index (Phi) is 10.3. The first-order valence-corrected chi connectivity index (χ1v) is 10.7. The summed E-state index contributed by atoms with van der Waals surface area (Å²) in [4.78, 5) is 24.2. The summed E-state index contributed by atoms with van der Waals surface area (Å²) in [6, 6.07) is 13.5. The molecule has 8 nitrogen and oxygen atoms in total. The van der Waals surface area contributed by atoms with Gasteiger partial charge in [0.25, 0.3) is 5.91 Å². The molecule has 0 aliphatic carbocycles. The maximum atomic E-state index is 13.1. The van der Waals surface area contributed by atoms with E-state index in [1.54, 1.807) is 76.4 Å². The molecule has 2 N–H and O–H groups in total. The molecular formula is C25H31FN2O6. The van der Waals surface area contributed by atoms with Crippen LogP contribution in [0.2, 0.25) is 0 Å². The number of alkyl carbamates (subject to hydrolysis) is 1. The summed E-state index contributed by atoms with van der Waals surface area (Å²) in [5, 5.41) is 5.28. The summed E-state index contributed by atoms with van der Waals surface area (Å²) in [5.74, 6) is 0.768. The zero-order valence-electron chi connectivity index (χ0n) is 19.9. The third kappa shape index (κ3) is 9.91. The van der Waals surface area contributed by atoms with E-state index in [4.69, 9.17) is 18.9 Å². The highest BCUT2D eigenvalue weighted by molar-refractivity contribution is 6.04. The van der Waals surface area contributed by atoms with E-state index in [2.05, 4.69) is 10.6 Å². The van der Waals surface area contributed by atoms with Crippen LogP contribution in [0.3, 0.4) is 0 Å². The van der Waals surface area contributed by atoms with Gasteiger partial charge in [0.2, 0.25) is 0 Å². The Hall–Kier alpha value is -3.59. The maximum Gasteiger partial charge on any atom is 0.407 e. The number of hydrogen-bond donors (Lipinski definition) is 2. The average molecular weight is 475 g/mol. The second kappa shape index (κ2) is 13.2. The van der Waals surface area contributed by atoms with Gasteiger partial charge in [-0.15, -0.1) is 0 Å². The Balaban J connectivity index is 1.84. The Labute approximate surface area is 199 Å². The van der Waals surface area contributed by atoms with E-state index in [1.807, 2.05) is 0 Å². The highest BCUT2D eigenvalue weighted by atomic mass is 19.1. The van der Waals surface area contributed by atoms with Gasteiger partial charge in [-0.1, -0.05) is 6.07 Å². The Morgan fingerprint density at radius 2 is 1.74 bits per heavy atom. The van der Waals surface area contributed by atoms with Crippen LogP contribution in [-0.2, 0) is 9.47 Å². The molecule has 0 fully saturated rings.